The molecule has 222 valence electrons. The van der Waals surface area contributed by atoms with E-state index in [4.69, 9.17) is 4.98 Å². The highest BCUT2D eigenvalue weighted by Crippen LogP contribution is 2.28. The van der Waals surface area contributed by atoms with Gasteiger partial charge in [0.05, 0.1) is 17.8 Å². The maximum Gasteiger partial charge on any atom is 0.419 e. The van der Waals surface area contributed by atoms with Gasteiger partial charge in [0.25, 0.3) is 0 Å². The molecular formula is C28H37F3N8O2. The number of fused-ring (bicyclic) bond motifs is 1. The lowest BCUT2D eigenvalue weighted by Gasteiger charge is -2.25. The van der Waals surface area contributed by atoms with Crippen LogP contribution < -0.4 is 10.6 Å². The number of aliphatic carboxylic acids is 1. The zero-order valence-electron chi connectivity index (χ0n) is 23.4. The molecular weight excluding hydrogens is 537 g/mol. The molecule has 1 aliphatic rings. The van der Waals surface area contributed by atoms with Gasteiger partial charge in [-0.1, -0.05) is 6.07 Å². The molecule has 0 aromatic carbocycles. The first-order valence-electron chi connectivity index (χ1n) is 13.9. The van der Waals surface area contributed by atoms with Crippen LogP contribution in [0.4, 0.5) is 24.9 Å². The third-order valence-corrected chi connectivity index (χ3v) is 7.16. The predicted octanol–water partition coefficient (Wildman–Crippen LogP) is 4.34. The van der Waals surface area contributed by atoms with Gasteiger partial charge in [-0.05, 0) is 76.6 Å². The standard InChI is InChI=1S/C28H37F3N8O2/c1-19-16-20(2)39(37-19)15-14-38(12-4-3-7-23-9-8-21-6-5-11-32-25(21)35-23)13-10-24(26(40)41)36-27-33-17-22(18-34-27)28(29,30)31/h8-9,16-18,24H,3-7,10-15H2,1-2H3,(H,32,35)(H,40,41)(H,33,34,36)/t24-/m0/s1. The van der Waals surface area contributed by atoms with E-state index in [2.05, 4.69) is 42.7 Å². The molecule has 0 aliphatic carbocycles. The van der Waals surface area contributed by atoms with Gasteiger partial charge in [-0.15, -0.1) is 0 Å². The summed E-state index contributed by atoms with van der Waals surface area (Å²) < 4.78 is 40.4. The molecule has 0 unspecified atom stereocenters. The van der Waals surface area contributed by atoms with Crippen molar-refractivity contribution in [2.75, 3.05) is 36.8 Å². The minimum Gasteiger partial charge on any atom is -0.480 e. The fourth-order valence-corrected chi connectivity index (χ4v) is 4.90. The second-order valence-corrected chi connectivity index (χ2v) is 10.4. The van der Waals surface area contributed by atoms with Crippen molar-refractivity contribution in [2.45, 2.75) is 71.1 Å². The molecule has 0 spiro atoms. The second-order valence-electron chi connectivity index (χ2n) is 10.4. The van der Waals surface area contributed by atoms with Gasteiger partial charge < -0.3 is 20.6 Å². The van der Waals surface area contributed by atoms with Gasteiger partial charge >= 0.3 is 12.1 Å². The van der Waals surface area contributed by atoms with Gasteiger partial charge in [0, 0.05) is 43.4 Å². The van der Waals surface area contributed by atoms with Gasteiger partial charge in [-0.2, -0.15) is 18.3 Å². The molecule has 0 bridgehead atoms. The molecule has 3 aromatic heterocycles. The van der Waals surface area contributed by atoms with Crippen LogP contribution in [-0.4, -0.2) is 72.9 Å². The Morgan fingerprint density at radius 1 is 1.17 bits per heavy atom. The van der Waals surface area contributed by atoms with Crippen LogP contribution in [0.2, 0.25) is 0 Å². The SMILES string of the molecule is Cc1cc(C)n(CCN(CCCCc2ccc3c(n2)NCCC3)CC[C@H](Nc2ncc(C(F)(F)F)cn2)C(=O)O)n1. The highest BCUT2D eigenvalue weighted by Gasteiger charge is 2.31. The second kappa shape index (κ2) is 13.7. The fraction of sp³-hybridized carbons (Fsp3) is 0.536. The number of nitrogens with zero attached hydrogens (tertiary/aromatic N) is 6. The zero-order chi connectivity index (χ0) is 29.4. The quantitative estimate of drug-likeness (QED) is 0.242. The van der Waals surface area contributed by atoms with Gasteiger partial charge in [-0.25, -0.2) is 19.7 Å². The molecule has 0 saturated heterocycles. The minimum absolute atomic E-state index is 0.161. The summed E-state index contributed by atoms with van der Waals surface area (Å²) in [4.78, 5) is 26.2. The molecule has 1 aliphatic heterocycles. The topological polar surface area (TPSA) is 121 Å². The molecule has 3 N–H and O–H groups in total. The third kappa shape index (κ3) is 8.87. The number of halogens is 3. The van der Waals surface area contributed by atoms with E-state index in [9.17, 15) is 23.1 Å². The van der Waals surface area contributed by atoms with E-state index in [1.165, 1.54) is 5.56 Å². The largest absolute Gasteiger partial charge is 0.480 e. The van der Waals surface area contributed by atoms with Crippen LogP contribution in [0.1, 0.15) is 53.9 Å². The summed E-state index contributed by atoms with van der Waals surface area (Å²) in [6, 6.07) is 5.21. The lowest BCUT2D eigenvalue weighted by atomic mass is 10.1. The summed E-state index contributed by atoms with van der Waals surface area (Å²) in [5.74, 6) is -0.296. The number of aryl methyl sites for hydroxylation is 4. The molecule has 13 heteroatoms. The van der Waals surface area contributed by atoms with E-state index in [-0.39, 0.29) is 12.4 Å². The number of unbranched alkanes of at least 4 members (excludes halogenated alkanes) is 1. The van der Waals surface area contributed by atoms with Crippen molar-refractivity contribution < 1.29 is 23.1 Å². The Kier molecular flexibility index (Phi) is 10.1. The summed E-state index contributed by atoms with van der Waals surface area (Å²) in [5, 5.41) is 20.3. The smallest absolute Gasteiger partial charge is 0.419 e. The van der Waals surface area contributed by atoms with E-state index < -0.39 is 23.8 Å². The van der Waals surface area contributed by atoms with Crippen LogP contribution in [0.5, 0.6) is 0 Å². The summed E-state index contributed by atoms with van der Waals surface area (Å²) in [5.41, 5.74) is 3.32. The lowest BCUT2D eigenvalue weighted by Crippen LogP contribution is -2.37. The van der Waals surface area contributed by atoms with Crippen LogP contribution >= 0.6 is 0 Å². The van der Waals surface area contributed by atoms with Crippen molar-refractivity contribution in [1.29, 1.82) is 0 Å². The maximum atomic E-state index is 12.8. The van der Waals surface area contributed by atoms with Crippen molar-refractivity contribution in [3.05, 3.63) is 58.8 Å². The Bertz CT molecular complexity index is 1300. The molecule has 3 aromatic rings. The summed E-state index contributed by atoms with van der Waals surface area (Å²) in [7, 11) is 0. The number of pyridine rings is 1. The molecule has 0 radical (unpaired) electrons. The van der Waals surface area contributed by atoms with Crippen molar-refractivity contribution in [2.24, 2.45) is 0 Å². The number of carbonyl (C=O) groups is 1. The number of rotatable bonds is 14. The van der Waals surface area contributed by atoms with Crippen molar-refractivity contribution in [3.63, 3.8) is 0 Å². The number of alkyl halides is 3. The molecule has 41 heavy (non-hydrogen) atoms. The normalized spacial score (nSPS) is 14.0. The third-order valence-electron chi connectivity index (χ3n) is 7.16. The Labute approximate surface area is 237 Å². The van der Waals surface area contributed by atoms with Crippen molar-refractivity contribution in [3.8, 4) is 0 Å². The van der Waals surface area contributed by atoms with E-state index in [0.717, 1.165) is 68.1 Å². The van der Waals surface area contributed by atoms with E-state index >= 15 is 0 Å². The minimum atomic E-state index is -4.57. The average molecular weight is 575 g/mol. The average Bonchev–Trinajstić information content (AvgIpc) is 3.27. The summed E-state index contributed by atoms with van der Waals surface area (Å²) >= 11 is 0. The molecule has 0 fully saturated rings. The van der Waals surface area contributed by atoms with Crippen LogP contribution in [0.25, 0.3) is 0 Å². The van der Waals surface area contributed by atoms with Gasteiger partial charge in [0.1, 0.15) is 11.9 Å². The van der Waals surface area contributed by atoms with Crippen LogP contribution in [0.3, 0.4) is 0 Å². The van der Waals surface area contributed by atoms with Crippen molar-refractivity contribution >= 4 is 17.7 Å². The Hall–Kier alpha value is -3.74. The molecule has 0 amide bonds. The van der Waals surface area contributed by atoms with Gasteiger partial charge in [0.2, 0.25) is 5.95 Å². The molecule has 10 nitrogen and oxygen atoms in total. The number of aromatic nitrogens is 5. The first kappa shape index (κ1) is 30.2. The summed E-state index contributed by atoms with van der Waals surface area (Å²) in [6.45, 7) is 7.44. The molecule has 0 saturated carbocycles. The Balaban J connectivity index is 1.33. The zero-order valence-corrected chi connectivity index (χ0v) is 23.4. The van der Waals surface area contributed by atoms with Crippen molar-refractivity contribution in [1.82, 2.24) is 29.6 Å². The van der Waals surface area contributed by atoms with Crippen LogP contribution in [0.15, 0.2) is 30.6 Å². The monoisotopic (exact) mass is 574 g/mol. The van der Waals surface area contributed by atoms with Gasteiger partial charge in [-0.3, -0.25) is 4.68 Å². The summed E-state index contributed by atoms with van der Waals surface area (Å²) in [6.07, 6.45) is 1.79. The highest BCUT2D eigenvalue weighted by atomic mass is 19.4. The van der Waals surface area contributed by atoms with Crippen LogP contribution in [-0.2, 0) is 30.4 Å². The van der Waals surface area contributed by atoms with Crippen LogP contribution in [0, 0.1) is 13.8 Å². The molecule has 4 heterocycles. The number of carboxylic acid groups (broad SMARTS) is 1. The Morgan fingerprint density at radius 3 is 2.63 bits per heavy atom. The predicted molar refractivity (Wildman–Crippen MR) is 149 cm³/mol. The number of carboxylic acids is 1. The fourth-order valence-electron chi connectivity index (χ4n) is 4.90. The molecule has 1 atom stereocenters. The highest BCUT2D eigenvalue weighted by molar-refractivity contribution is 5.76. The number of hydrogen-bond acceptors (Lipinski definition) is 8. The van der Waals surface area contributed by atoms with Gasteiger partial charge in [0.15, 0.2) is 0 Å². The number of hydrogen-bond donors (Lipinski definition) is 3. The molecule has 4 rings (SSSR count). The van der Waals surface area contributed by atoms with E-state index in [1.54, 1.807) is 0 Å². The Morgan fingerprint density at radius 2 is 1.95 bits per heavy atom. The van der Waals surface area contributed by atoms with E-state index in [1.807, 2.05) is 24.6 Å². The first-order valence-corrected chi connectivity index (χ1v) is 13.9. The maximum absolute atomic E-state index is 12.8. The number of nitrogens with one attached hydrogen (secondary N) is 2. The number of anilines is 2. The first-order chi connectivity index (χ1) is 19.6. The lowest BCUT2D eigenvalue weighted by molar-refractivity contribution is -0.139. The van der Waals surface area contributed by atoms with E-state index in [0.29, 0.717) is 32.0 Å².